The summed E-state index contributed by atoms with van der Waals surface area (Å²) in [6.07, 6.45) is 2.07. The van der Waals surface area contributed by atoms with E-state index in [9.17, 15) is 9.18 Å². The Bertz CT molecular complexity index is 481. The third kappa shape index (κ3) is 3.46. The van der Waals surface area contributed by atoms with E-state index in [0.29, 0.717) is 12.1 Å². The van der Waals surface area contributed by atoms with Gasteiger partial charge in [0, 0.05) is 5.69 Å². The molecule has 0 heterocycles. The number of anilines is 1. The Morgan fingerprint density at radius 2 is 2.00 bits per heavy atom. The molecule has 4 heteroatoms. The third-order valence-electron chi connectivity index (χ3n) is 3.21. The SMILES string of the molecule is CC(C)(C)OC(=O)C1(Cc2cc(N)cc(F)c2)CC1. The Morgan fingerprint density at radius 1 is 1.37 bits per heavy atom. The second-order valence-electron chi connectivity index (χ2n) is 6.35. The fraction of sp³-hybridized carbons (Fsp3) is 0.533. The second kappa shape index (κ2) is 4.51. The van der Waals surface area contributed by atoms with Gasteiger partial charge in [0.15, 0.2) is 0 Å². The van der Waals surface area contributed by atoms with Crippen molar-refractivity contribution in [3.05, 3.63) is 29.6 Å². The minimum atomic E-state index is -0.492. The minimum absolute atomic E-state index is 0.192. The molecule has 19 heavy (non-hydrogen) atoms. The zero-order valence-electron chi connectivity index (χ0n) is 11.6. The Morgan fingerprint density at radius 3 is 2.47 bits per heavy atom. The Kier molecular flexibility index (Phi) is 3.29. The van der Waals surface area contributed by atoms with E-state index in [-0.39, 0.29) is 11.8 Å². The first-order valence-corrected chi connectivity index (χ1v) is 6.49. The molecule has 1 aromatic rings. The summed E-state index contributed by atoms with van der Waals surface area (Å²) in [7, 11) is 0. The molecule has 0 saturated heterocycles. The van der Waals surface area contributed by atoms with E-state index in [4.69, 9.17) is 10.5 Å². The lowest BCUT2D eigenvalue weighted by Gasteiger charge is -2.24. The van der Waals surface area contributed by atoms with E-state index < -0.39 is 11.0 Å². The maximum absolute atomic E-state index is 13.3. The molecule has 104 valence electrons. The van der Waals surface area contributed by atoms with E-state index in [1.165, 1.54) is 12.1 Å². The maximum atomic E-state index is 13.3. The van der Waals surface area contributed by atoms with Gasteiger partial charge in [-0.05, 0) is 63.8 Å². The molecule has 1 fully saturated rings. The predicted octanol–water partition coefficient (Wildman–Crippen LogP) is 3.07. The highest BCUT2D eigenvalue weighted by molar-refractivity contribution is 5.80. The van der Waals surface area contributed by atoms with Crippen LogP contribution in [0.25, 0.3) is 0 Å². The summed E-state index contributed by atoms with van der Waals surface area (Å²) < 4.78 is 18.7. The molecule has 0 amide bonds. The smallest absolute Gasteiger partial charge is 0.312 e. The van der Waals surface area contributed by atoms with Crippen molar-refractivity contribution < 1.29 is 13.9 Å². The van der Waals surface area contributed by atoms with Gasteiger partial charge in [-0.3, -0.25) is 4.79 Å². The lowest BCUT2D eigenvalue weighted by atomic mass is 9.96. The zero-order chi connectivity index (χ0) is 14.3. The van der Waals surface area contributed by atoms with E-state index in [2.05, 4.69) is 0 Å². The number of hydrogen-bond donors (Lipinski definition) is 1. The van der Waals surface area contributed by atoms with Crippen LogP contribution >= 0.6 is 0 Å². The van der Waals surface area contributed by atoms with Gasteiger partial charge in [0.1, 0.15) is 11.4 Å². The average Bonchev–Trinajstić information content (AvgIpc) is 2.94. The quantitative estimate of drug-likeness (QED) is 0.675. The Hall–Kier alpha value is -1.58. The lowest BCUT2D eigenvalue weighted by Crippen LogP contribution is -2.30. The van der Waals surface area contributed by atoms with Gasteiger partial charge in [0.2, 0.25) is 0 Å². The van der Waals surface area contributed by atoms with Crippen molar-refractivity contribution in [1.82, 2.24) is 0 Å². The van der Waals surface area contributed by atoms with Crippen molar-refractivity contribution in [3.63, 3.8) is 0 Å². The van der Waals surface area contributed by atoms with Crippen molar-refractivity contribution >= 4 is 11.7 Å². The largest absolute Gasteiger partial charge is 0.460 e. The number of halogens is 1. The van der Waals surface area contributed by atoms with Crippen LogP contribution in [-0.4, -0.2) is 11.6 Å². The van der Waals surface area contributed by atoms with Gasteiger partial charge in [0.25, 0.3) is 0 Å². The van der Waals surface area contributed by atoms with Crippen LogP contribution in [0.5, 0.6) is 0 Å². The standard InChI is InChI=1S/C15H20FNO2/c1-14(2,3)19-13(18)15(4-5-15)9-10-6-11(16)8-12(17)7-10/h6-8H,4-5,9,17H2,1-3H3. The van der Waals surface area contributed by atoms with Crippen LogP contribution in [0.3, 0.4) is 0 Å². The molecule has 0 radical (unpaired) electrons. The van der Waals surface area contributed by atoms with Crippen molar-refractivity contribution in [2.45, 2.75) is 45.6 Å². The molecule has 0 atom stereocenters. The molecule has 0 aliphatic heterocycles. The number of benzene rings is 1. The summed E-state index contributed by atoms with van der Waals surface area (Å²) in [5, 5.41) is 0. The van der Waals surface area contributed by atoms with E-state index in [0.717, 1.165) is 18.4 Å². The van der Waals surface area contributed by atoms with Crippen molar-refractivity contribution in [2.75, 3.05) is 5.73 Å². The number of nitrogens with two attached hydrogens (primary N) is 1. The molecule has 1 aliphatic rings. The van der Waals surface area contributed by atoms with Crippen LogP contribution in [0.15, 0.2) is 18.2 Å². The molecule has 2 N–H and O–H groups in total. The fourth-order valence-electron chi connectivity index (χ4n) is 2.16. The van der Waals surface area contributed by atoms with Crippen molar-refractivity contribution in [2.24, 2.45) is 5.41 Å². The van der Waals surface area contributed by atoms with Gasteiger partial charge >= 0.3 is 5.97 Å². The maximum Gasteiger partial charge on any atom is 0.312 e. The van der Waals surface area contributed by atoms with Crippen LogP contribution in [0, 0.1) is 11.2 Å². The normalized spacial score (nSPS) is 17.1. The molecule has 3 nitrogen and oxygen atoms in total. The predicted molar refractivity (Wildman–Crippen MR) is 72.0 cm³/mol. The highest BCUT2D eigenvalue weighted by atomic mass is 19.1. The molecule has 0 aromatic heterocycles. The van der Waals surface area contributed by atoms with Crippen LogP contribution in [-0.2, 0) is 16.0 Å². The van der Waals surface area contributed by atoms with Crippen molar-refractivity contribution in [1.29, 1.82) is 0 Å². The molecule has 1 aromatic carbocycles. The minimum Gasteiger partial charge on any atom is -0.460 e. The summed E-state index contributed by atoms with van der Waals surface area (Å²) in [4.78, 5) is 12.2. The van der Waals surface area contributed by atoms with Gasteiger partial charge in [-0.2, -0.15) is 0 Å². The molecule has 0 bridgehead atoms. The summed E-state index contributed by atoms with van der Waals surface area (Å²) in [5.41, 5.74) is 5.78. The first kappa shape index (κ1) is 13.8. The van der Waals surface area contributed by atoms with Gasteiger partial charge in [0.05, 0.1) is 5.41 Å². The first-order chi connectivity index (χ1) is 8.70. The zero-order valence-corrected chi connectivity index (χ0v) is 11.6. The number of nitrogen functional groups attached to an aromatic ring is 1. The molecular weight excluding hydrogens is 245 g/mol. The van der Waals surface area contributed by atoms with Crippen LogP contribution in [0.1, 0.15) is 39.2 Å². The Balaban J connectivity index is 2.11. The molecule has 0 spiro atoms. The first-order valence-electron chi connectivity index (χ1n) is 6.49. The number of ether oxygens (including phenoxy) is 1. The van der Waals surface area contributed by atoms with Crippen molar-refractivity contribution in [3.8, 4) is 0 Å². The number of hydrogen-bond acceptors (Lipinski definition) is 3. The average molecular weight is 265 g/mol. The monoisotopic (exact) mass is 265 g/mol. The van der Waals surface area contributed by atoms with Crippen LogP contribution in [0.4, 0.5) is 10.1 Å². The summed E-state index contributed by atoms with van der Waals surface area (Å²) in [6, 6.07) is 4.42. The van der Waals surface area contributed by atoms with Gasteiger partial charge in [-0.1, -0.05) is 0 Å². The number of esters is 1. The van der Waals surface area contributed by atoms with Gasteiger partial charge in [-0.25, -0.2) is 4.39 Å². The topological polar surface area (TPSA) is 52.3 Å². The van der Waals surface area contributed by atoms with E-state index in [1.54, 1.807) is 6.07 Å². The molecular formula is C15H20FNO2. The number of rotatable bonds is 3. The van der Waals surface area contributed by atoms with Gasteiger partial charge in [-0.15, -0.1) is 0 Å². The molecule has 0 unspecified atom stereocenters. The van der Waals surface area contributed by atoms with Gasteiger partial charge < -0.3 is 10.5 Å². The van der Waals surface area contributed by atoms with Crippen LogP contribution in [0.2, 0.25) is 0 Å². The van der Waals surface area contributed by atoms with Crippen LogP contribution < -0.4 is 5.73 Å². The second-order valence-corrected chi connectivity index (χ2v) is 6.35. The highest BCUT2D eigenvalue weighted by Gasteiger charge is 2.52. The highest BCUT2D eigenvalue weighted by Crippen LogP contribution is 2.50. The lowest BCUT2D eigenvalue weighted by molar-refractivity contribution is -0.161. The molecule has 1 aliphatic carbocycles. The van der Waals surface area contributed by atoms with E-state index in [1.807, 2.05) is 20.8 Å². The summed E-state index contributed by atoms with van der Waals surface area (Å²) in [5.74, 6) is -0.558. The Labute approximate surface area is 112 Å². The third-order valence-corrected chi connectivity index (χ3v) is 3.21. The summed E-state index contributed by atoms with van der Waals surface area (Å²) >= 11 is 0. The fourth-order valence-corrected chi connectivity index (χ4v) is 2.16. The number of carbonyl (C=O) groups excluding carboxylic acids is 1. The molecule has 2 rings (SSSR count). The number of carbonyl (C=O) groups is 1. The van der Waals surface area contributed by atoms with E-state index >= 15 is 0 Å². The summed E-state index contributed by atoms with van der Waals surface area (Å²) in [6.45, 7) is 5.55. The molecule has 1 saturated carbocycles.